The van der Waals surface area contributed by atoms with Crippen molar-refractivity contribution < 1.29 is 9.21 Å². The summed E-state index contributed by atoms with van der Waals surface area (Å²) in [6.45, 7) is 6.64. The molecule has 0 radical (unpaired) electrons. The van der Waals surface area contributed by atoms with Gasteiger partial charge in [0, 0.05) is 35.4 Å². The Balaban J connectivity index is 1.76. The van der Waals surface area contributed by atoms with E-state index in [2.05, 4.69) is 4.98 Å². The summed E-state index contributed by atoms with van der Waals surface area (Å²) in [5.74, 6) is 0.121. The van der Waals surface area contributed by atoms with Crippen molar-refractivity contribution in [1.82, 2.24) is 19.4 Å². The zero-order valence-corrected chi connectivity index (χ0v) is 22.9. The van der Waals surface area contributed by atoms with Crippen molar-refractivity contribution in [3.05, 3.63) is 105 Å². The summed E-state index contributed by atoms with van der Waals surface area (Å²) in [6.07, 6.45) is 1.57. The topological polar surface area (TPSA) is 107 Å². The number of furan rings is 1. The monoisotopic (exact) mass is 543 g/mol. The van der Waals surface area contributed by atoms with Gasteiger partial charge >= 0.3 is 0 Å². The molecule has 0 aliphatic rings. The van der Waals surface area contributed by atoms with Gasteiger partial charge in [-0.3, -0.25) is 19.1 Å². The van der Waals surface area contributed by atoms with Crippen molar-refractivity contribution in [2.24, 2.45) is 11.7 Å². The predicted octanol–water partition coefficient (Wildman–Crippen LogP) is 5.35. The van der Waals surface area contributed by atoms with Crippen molar-refractivity contribution in [2.45, 2.75) is 33.4 Å². The molecule has 1 atom stereocenters. The first-order valence-corrected chi connectivity index (χ1v) is 13.3. The number of halogens is 1. The summed E-state index contributed by atoms with van der Waals surface area (Å²) >= 11 is 6.29. The molecule has 200 valence electrons. The Morgan fingerprint density at radius 3 is 2.56 bits per heavy atom. The number of hydrogen-bond donors (Lipinski definition) is 1. The normalized spacial score (nSPS) is 12.4. The number of rotatable bonds is 8. The van der Waals surface area contributed by atoms with Crippen molar-refractivity contribution >= 4 is 39.6 Å². The molecular formula is C30H30ClN5O3. The molecule has 8 nitrogen and oxygen atoms in total. The molecule has 3 aromatic heterocycles. The van der Waals surface area contributed by atoms with Crippen LogP contribution in [0.4, 0.5) is 0 Å². The lowest BCUT2D eigenvalue weighted by Crippen LogP contribution is -2.43. The summed E-state index contributed by atoms with van der Waals surface area (Å²) < 4.78 is 7.59. The van der Waals surface area contributed by atoms with Crippen LogP contribution in [-0.4, -0.2) is 38.4 Å². The minimum atomic E-state index is -0.563. The smallest absolute Gasteiger partial charge is 0.297 e. The molecule has 1 amide bonds. The average molecular weight is 544 g/mol. The minimum absolute atomic E-state index is 0.105. The number of hydrogen-bond acceptors (Lipinski definition) is 6. The lowest BCUT2D eigenvalue weighted by atomic mass is 9.99. The Morgan fingerprint density at radius 2 is 1.90 bits per heavy atom. The highest BCUT2D eigenvalue weighted by Gasteiger charge is 2.33. The molecule has 0 bridgehead atoms. The van der Waals surface area contributed by atoms with Gasteiger partial charge in [-0.25, -0.2) is 4.98 Å². The van der Waals surface area contributed by atoms with Gasteiger partial charge in [-0.15, -0.1) is 0 Å². The lowest BCUT2D eigenvalue weighted by molar-refractivity contribution is 0.0612. The van der Waals surface area contributed by atoms with E-state index >= 15 is 0 Å². The van der Waals surface area contributed by atoms with Gasteiger partial charge in [0.05, 0.1) is 18.2 Å². The number of benzene rings is 2. The molecule has 0 saturated carbocycles. The third-order valence-electron chi connectivity index (χ3n) is 6.77. The number of fused-ring (bicyclic) bond motifs is 3. The fourth-order valence-electron chi connectivity index (χ4n) is 4.92. The fourth-order valence-corrected chi connectivity index (χ4v) is 5.09. The maximum Gasteiger partial charge on any atom is 0.297 e. The van der Waals surface area contributed by atoms with Gasteiger partial charge in [0.15, 0.2) is 0 Å². The van der Waals surface area contributed by atoms with Gasteiger partial charge in [-0.05, 0) is 48.7 Å². The first kappa shape index (κ1) is 26.6. The number of carbonyl (C=O) groups excluding carboxylic acids is 1. The van der Waals surface area contributed by atoms with Crippen LogP contribution in [-0.2, 0) is 6.54 Å². The summed E-state index contributed by atoms with van der Waals surface area (Å²) in [6, 6.07) is 17.8. The van der Waals surface area contributed by atoms with Crippen LogP contribution in [0.2, 0.25) is 5.02 Å². The predicted molar refractivity (Wildman–Crippen MR) is 153 cm³/mol. The van der Waals surface area contributed by atoms with Crippen molar-refractivity contribution in [3.63, 3.8) is 0 Å². The molecule has 2 N–H and O–H groups in total. The first-order valence-electron chi connectivity index (χ1n) is 12.9. The molecule has 0 aliphatic carbocycles. The highest BCUT2D eigenvalue weighted by Crippen LogP contribution is 2.33. The third-order valence-corrected chi connectivity index (χ3v) is 7.01. The maximum atomic E-state index is 14.1. The summed E-state index contributed by atoms with van der Waals surface area (Å²) in [5.41, 5.74) is 8.94. The Morgan fingerprint density at radius 1 is 1.13 bits per heavy atom. The Bertz CT molecular complexity index is 1690. The molecule has 0 fully saturated rings. The zero-order chi connectivity index (χ0) is 27.7. The second-order valence-corrected chi connectivity index (χ2v) is 10.4. The van der Waals surface area contributed by atoms with E-state index in [1.165, 1.54) is 0 Å². The Hall–Kier alpha value is -4.01. The fraction of sp³-hybridized carbons (Fsp3) is 0.267. The molecular weight excluding hydrogens is 514 g/mol. The number of nitrogens with zero attached hydrogens (tertiary/aromatic N) is 4. The second-order valence-electron chi connectivity index (χ2n) is 9.93. The van der Waals surface area contributed by atoms with Gasteiger partial charge < -0.3 is 15.1 Å². The zero-order valence-electron chi connectivity index (χ0n) is 22.1. The molecule has 9 heteroatoms. The lowest BCUT2D eigenvalue weighted by Gasteiger charge is -2.35. The summed E-state index contributed by atoms with van der Waals surface area (Å²) in [7, 11) is 0. The van der Waals surface area contributed by atoms with E-state index < -0.39 is 6.04 Å². The van der Waals surface area contributed by atoms with E-state index in [-0.39, 0.29) is 42.6 Å². The SMILES string of the molecule is Cc1ccc(C(=O)N(CCN)C(c2nc3c(oc4ccc(Cl)cc43)c(=O)n2Cc2ccccc2)C(C)C)cn1. The number of nitrogens with two attached hydrogens (primary N) is 1. The second kappa shape index (κ2) is 11.0. The third kappa shape index (κ3) is 5.17. The van der Waals surface area contributed by atoms with Crippen LogP contribution >= 0.6 is 11.6 Å². The summed E-state index contributed by atoms with van der Waals surface area (Å²) in [4.78, 5) is 39.0. The molecule has 3 heterocycles. The standard InChI is InChI=1S/C30H30ClN5O3/c1-18(2)26(35(14-13-32)29(37)21-10-9-19(3)33-16-21)28-34-25-23-15-22(31)11-12-24(23)39-27(25)30(38)36(28)17-20-7-5-4-6-8-20/h4-12,15-16,18,26H,13-14,17,32H2,1-3H3. The van der Waals surface area contributed by atoms with Crippen LogP contribution < -0.4 is 11.3 Å². The van der Waals surface area contributed by atoms with Crippen molar-refractivity contribution in [3.8, 4) is 0 Å². The van der Waals surface area contributed by atoms with E-state index in [4.69, 9.17) is 26.7 Å². The van der Waals surface area contributed by atoms with E-state index in [0.717, 1.165) is 11.3 Å². The Labute approximate surface area is 231 Å². The number of amides is 1. The van der Waals surface area contributed by atoms with Crippen LogP contribution in [0, 0.1) is 12.8 Å². The van der Waals surface area contributed by atoms with Crippen molar-refractivity contribution in [1.29, 1.82) is 0 Å². The largest absolute Gasteiger partial charge is 0.448 e. The molecule has 0 aliphatic heterocycles. The summed E-state index contributed by atoms with van der Waals surface area (Å²) in [5, 5.41) is 1.15. The number of carbonyl (C=O) groups is 1. The van der Waals surface area contributed by atoms with Crippen LogP contribution in [0.15, 0.2) is 76.1 Å². The molecule has 5 rings (SSSR count). The van der Waals surface area contributed by atoms with E-state index in [0.29, 0.717) is 32.9 Å². The highest BCUT2D eigenvalue weighted by molar-refractivity contribution is 6.31. The van der Waals surface area contributed by atoms with Gasteiger partial charge in [-0.1, -0.05) is 55.8 Å². The van der Waals surface area contributed by atoms with E-state index in [1.807, 2.05) is 51.1 Å². The van der Waals surface area contributed by atoms with E-state index in [9.17, 15) is 9.59 Å². The van der Waals surface area contributed by atoms with Gasteiger partial charge in [-0.2, -0.15) is 0 Å². The van der Waals surface area contributed by atoms with Gasteiger partial charge in [0.2, 0.25) is 5.58 Å². The first-order chi connectivity index (χ1) is 18.8. The molecule has 1 unspecified atom stereocenters. The quantitative estimate of drug-likeness (QED) is 0.283. The van der Waals surface area contributed by atoms with Crippen LogP contribution in [0.25, 0.3) is 22.1 Å². The Kier molecular flexibility index (Phi) is 7.50. The number of pyridine rings is 1. The van der Waals surface area contributed by atoms with E-state index in [1.54, 1.807) is 46.0 Å². The molecule has 5 aromatic rings. The van der Waals surface area contributed by atoms with Gasteiger partial charge in [0.25, 0.3) is 11.5 Å². The molecule has 2 aromatic carbocycles. The van der Waals surface area contributed by atoms with Gasteiger partial charge in [0.1, 0.15) is 16.9 Å². The maximum absolute atomic E-state index is 14.1. The van der Waals surface area contributed by atoms with Crippen molar-refractivity contribution in [2.75, 3.05) is 13.1 Å². The van der Waals surface area contributed by atoms with Crippen LogP contribution in [0.5, 0.6) is 0 Å². The van der Waals surface area contributed by atoms with Crippen LogP contribution in [0.1, 0.15) is 47.3 Å². The average Bonchev–Trinajstić information content (AvgIpc) is 3.29. The number of aromatic nitrogens is 3. The molecule has 0 saturated heterocycles. The molecule has 0 spiro atoms. The van der Waals surface area contributed by atoms with Crippen LogP contribution in [0.3, 0.4) is 0 Å². The highest BCUT2D eigenvalue weighted by atomic mass is 35.5. The minimum Gasteiger partial charge on any atom is -0.448 e. The molecule has 39 heavy (non-hydrogen) atoms. The number of aryl methyl sites for hydroxylation is 1.